The Bertz CT molecular complexity index is 442. The molecule has 1 aliphatic rings. The highest BCUT2D eigenvalue weighted by atomic mass is 127. The van der Waals surface area contributed by atoms with Gasteiger partial charge in [-0.15, -0.1) is 6.58 Å². The quantitative estimate of drug-likeness (QED) is 0.604. The third-order valence-electron chi connectivity index (χ3n) is 3.02. The van der Waals surface area contributed by atoms with Crippen LogP contribution in [0.15, 0.2) is 30.9 Å². The van der Waals surface area contributed by atoms with Crippen molar-refractivity contribution in [3.8, 4) is 0 Å². The molecule has 1 amide bonds. The van der Waals surface area contributed by atoms with Gasteiger partial charge in [0.25, 0.3) is 0 Å². The number of hydrogen-bond donors (Lipinski definition) is 0. The normalized spacial score (nSPS) is 20.2. The molecule has 1 heterocycles. The molecule has 0 saturated carbocycles. The van der Waals surface area contributed by atoms with Gasteiger partial charge in [0.05, 0.1) is 0 Å². The van der Waals surface area contributed by atoms with Gasteiger partial charge in [0, 0.05) is 28.1 Å². The summed E-state index contributed by atoms with van der Waals surface area (Å²) < 4.78 is 1.20. The van der Waals surface area contributed by atoms with Gasteiger partial charge in [-0.1, -0.05) is 12.1 Å². The van der Waals surface area contributed by atoms with E-state index in [0.717, 1.165) is 12.2 Å². The topological polar surface area (TPSA) is 20.3 Å². The third kappa shape index (κ3) is 2.00. The summed E-state index contributed by atoms with van der Waals surface area (Å²) in [6.07, 6.45) is 2.47. The lowest BCUT2D eigenvalue weighted by Crippen LogP contribution is -2.25. The first-order valence-electron chi connectivity index (χ1n) is 5.31. The van der Waals surface area contributed by atoms with Gasteiger partial charge in [-0.05, 0) is 47.2 Å². The highest BCUT2D eigenvalue weighted by Gasteiger charge is 2.29. The van der Waals surface area contributed by atoms with Crippen molar-refractivity contribution in [2.45, 2.75) is 13.3 Å². The molecule has 84 valence electrons. The lowest BCUT2D eigenvalue weighted by Gasteiger charge is -2.19. The van der Waals surface area contributed by atoms with Crippen LogP contribution < -0.4 is 4.90 Å². The molecule has 0 radical (unpaired) electrons. The lowest BCUT2D eigenvalue weighted by atomic mass is 10.1. The minimum absolute atomic E-state index is 0.204. The van der Waals surface area contributed by atoms with E-state index >= 15 is 0 Å². The first-order chi connectivity index (χ1) is 7.63. The summed E-state index contributed by atoms with van der Waals surface area (Å²) in [5.74, 6) is 0.500. The summed E-state index contributed by atoms with van der Waals surface area (Å²) in [6, 6.07) is 6.07. The maximum atomic E-state index is 11.9. The van der Waals surface area contributed by atoms with Crippen molar-refractivity contribution in [1.29, 1.82) is 0 Å². The summed E-state index contributed by atoms with van der Waals surface area (Å²) in [6.45, 7) is 6.59. The zero-order valence-corrected chi connectivity index (χ0v) is 11.4. The number of amides is 1. The van der Waals surface area contributed by atoms with Gasteiger partial charge in [0.15, 0.2) is 0 Å². The minimum Gasteiger partial charge on any atom is -0.312 e. The zero-order chi connectivity index (χ0) is 11.7. The second-order valence-electron chi connectivity index (χ2n) is 4.09. The number of rotatable bonds is 2. The van der Waals surface area contributed by atoms with E-state index in [1.54, 1.807) is 0 Å². The third-order valence-corrected chi connectivity index (χ3v) is 4.19. The molecule has 2 nitrogen and oxygen atoms in total. The van der Waals surface area contributed by atoms with Gasteiger partial charge >= 0.3 is 0 Å². The predicted octanol–water partition coefficient (Wildman–Crippen LogP) is 3.14. The largest absolute Gasteiger partial charge is 0.312 e. The van der Waals surface area contributed by atoms with E-state index < -0.39 is 0 Å². The second kappa shape index (κ2) is 4.57. The van der Waals surface area contributed by atoms with Crippen LogP contribution in [0.5, 0.6) is 0 Å². The van der Waals surface area contributed by atoms with Crippen molar-refractivity contribution in [3.63, 3.8) is 0 Å². The van der Waals surface area contributed by atoms with Gasteiger partial charge in [0.2, 0.25) is 5.91 Å². The van der Waals surface area contributed by atoms with Crippen molar-refractivity contribution < 1.29 is 4.79 Å². The van der Waals surface area contributed by atoms with Gasteiger partial charge in [-0.3, -0.25) is 4.79 Å². The van der Waals surface area contributed by atoms with Gasteiger partial charge in [0.1, 0.15) is 0 Å². The standard InChI is InChI=1S/C13H14INO/c1-3-10-7-13(16)15(8-10)12-6-4-5-11(14)9(12)2/h3-6,10H,1,7-8H2,2H3. The van der Waals surface area contributed by atoms with Gasteiger partial charge in [-0.25, -0.2) is 0 Å². The Labute approximate surface area is 109 Å². The lowest BCUT2D eigenvalue weighted by molar-refractivity contribution is -0.117. The Morgan fingerprint density at radius 3 is 2.94 bits per heavy atom. The molecule has 0 aromatic heterocycles. The number of carbonyl (C=O) groups excluding carboxylic acids is 1. The molecular weight excluding hydrogens is 313 g/mol. The zero-order valence-electron chi connectivity index (χ0n) is 9.24. The fourth-order valence-corrected chi connectivity index (χ4v) is 2.50. The average molecular weight is 327 g/mol. The van der Waals surface area contributed by atoms with Crippen molar-refractivity contribution in [3.05, 3.63) is 40.0 Å². The summed E-state index contributed by atoms with van der Waals surface area (Å²) in [4.78, 5) is 13.8. The molecule has 0 spiro atoms. The smallest absolute Gasteiger partial charge is 0.227 e. The van der Waals surface area contributed by atoms with Crippen LogP contribution in [0.2, 0.25) is 0 Å². The molecule has 1 aliphatic heterocycles. The van der Waals surface area contributed by atoms with Crippen LogP contribution in [0, 0.1) is 16.4 Å². The minimum atomic E-state index is 0.204. The number of nitrogens with zero attached hydrogens (tertiary/aromatic N) is 1. The summed E-state index contributed by atoms with van der Waals surface area (Å²) in [5.41, 5.74) is 2.22. The predicted molar refractivity (Wildman–Crippen MR) is 74.6 cm³/mol. The Balaban J connectivity index is 2.35. The molecule has 1 atom stereocenters. The highest BCUT2D eigenvalue weighted by molar-refractivity contribution is 14.1. The second-order valence-corrected chi connectivity index (χ2v) is 5.25. The summed E-state index contributed by atoms with van der Waals surface area (Å²) in [7, 11) is 0. The molecule has 1 saturated heterocycles. The molecule has 1 aromatic rings. The van der Waals surface area contributed by atoms with Crippen molar-refractivity contribution in [2.75, 3.05) is 11.4 Å². The summed E-state index contributed by atoms with van der Waals surface area (Å²) in [5, 5.41) is 0. The van der Waals surface area contributed by atoms with Gasteiger partial charge < -0.3 is 4.90 Å². The maximum absolute atomic E-state index is 11.9. The van der Waals surface area contributed by atoms with Crippen LogP contribution in [-0.2, 0) is 4.79 Å². The fourth-order valence-electron chi connectivity index (χ4n) is 2.01. The maximum Gasteiger partial charge on any atom is 0.227 e. The number of hydrogen-bond acceptors (Lipinski definition) is 1. The fraction of sp³-hybridized carbons (Fsp3) is 0.308. The molecule has 1 fully saturated rings. The average Bonchev–Trinajstić information content (AvgIpc) is 2.64. The molecule has 0 bridgehead atoms. The molecule has 3 heteroatoms. The Hall–Kier alpha value is -0.840. The van der Waals surface area contributed by atoms with E-state index in [1.807, 2.05) is 23.1 Å². The van der Waals surface area contributed by atoms with E-state index in [0.29, 0.717) is 12.3 Å². The summed E-state index contributed by atoms with van der Waals surface area (Å²) >= 11 is 2.30. The van der Waals surface area contributed by atoms with Crippen LogP contribution in [0.3, 0.4) is 0 Å². The van der Waals surface area contributed by atoms with E-state index in [-0.39, 0.29) is 5.91 Å². The van der Waals surface area contributed by atoms with Crippen LogP contribution in [0.1, 0.15) is 12.0 Å². The molecule has 0 N–H and O–H groups in total. The highest BCUT2D eigenvalue weighted by Crippen LogP contribution is 2.30. The number of carbonyl (C=O) groups is 1. The van der Waals surface area contributed by atoms with Gasteiger partial charge in [-0.2, -0.15) is 0 Å². The van der Waals surface area contributed by atoms with Crippen molar-refractivity contribution >= 4 is 34.2 Å². The SMILES string of the molecule is C=CC1CC(=O)N(c2cccc(I)c2C)C1. The molecule has 1 unspecified atom stereocenters. The van der Waals surface area contributed by atoms with E-state index in [1.165, 1.54) is 9.13 Å². The Morgan fingerprint density at radius 1 is 1.56 bits per heavy atom. The Kier molecular flexibility index (Phi) is 3.33. The van der Waals surface area contributed by atoms with Crippen LogP contribution >= 0.6 is 22.6 Å². The van der Waals surface area contributed by atoms with Crippen LogP contribution in [0.25, 0.3) is 0 Å². The van der Waals surface area contributed by atoms with E-state index in [4.69, 9.17) is 0 Å². The number of anilines is 1. The number of benzene rings is 1. The monoisotopic (exact) mass is 327 g/mol. The van der Waals surface area contributed by atoms with Crippen LogP contribution in [0.4, 0.5) is 5.69 Å². The van der Waals surface area contributed by atoms with Crippen molar-refractivity contribution in [2.24, 2.45) is 5.92 Å². The first kappa shape index (κ1) is 11.6. The van der Waals surface area contributed by atoms with E-state index in [9.17, 15) is 4.79 Å². The molecule has 1 aromatic carbocycles. The number of halogens is 1. The molecular formula is C13H14INO. The molecule has 16 heavy (non-hydrogen) atoms. The molecule has 0 aliphatic carbocycles. The Morgan fingerprint density at radius 2 is 2.31 bits per heavy atom. The first-order valence-corrected chi connectivity index (χ1v) is 6.39. The van der Waals surface area contributed by atoms with Crippen molar-refractivity contribution in [1.82, 2.24) is 0 Å². The van der Waals surface area contributed by atoms with E-state index in [2.05, 4.69) is 42.2 Å². The van der Waals surface area contributed by atoms with Crippen LogP contribution in [-0.4, -0.2) is 12.5 Å². The molecule has 2 rings (SSSR count).